The van der Waals surface area contributed by atoms with Crippen molar-refractivity contribution in [2.45, 2.75) is 57.2 Å². The average molecular weight is 464 g/mol. The number of halogens is 2. The van der Waals surface area contributed by atoms with Crippen LogP contribution in [0.1, 0.15) is 49.5 Å². The van der Waals surface area contributed by atoms with Gasteiger partial charge in [-0.2, -0.15) is 5.10 Å². The molecule has 4 bridgehead atoms. The summed E-state index contributed by atoms with van der Waals surface area (Å²) in [4.78, 5) is 19.4. The van der Waals surface area contributed by atoms with Crippen molar-refractivity contribution < 1.29 is 9.90 Å². The second-order valence-corrected chi connectivity index (χ2v) is 10.2. The topological polar surface area (TPSA) is 83.3 Å². The number of aryl methyl sites for hydroxylation is 1. The molecular weight excluding hydrogens is 437 g/mol. The molecule has 9 heteroatoms. The minimum atomic E-state index is -0.529. The predicted octanol–water partition coefficient (Wildman–Crippen LogP) is 4.04. The highest BCUT2D eigenvalue weighted by Crippen LogP contribution is 2.55. The lowest BCUT2D eigenvalue weighted by Crippen LogP contribution is -2.61. The number of anilines is 2. The quantitative estimate of drug-likeness (QED) is 0.698. The number of hydrogen-bond donors (Lipinski definition) is 2. The molecule has 2 aromatic rings. The first-order valence-corrected chi connectivity index (χ1v) is 11.7. The van der Waals surface area contributed by atoms with Crippen LogP contribution in [-0.4, -0.2) is 44.5 Å². The molecule has 0 aromatic carbocycles. The van der Waals surface area contributed by atoms with Crippen LogP contribution in [0.5, 0.6) is 0 Å². The maximum atomic E-state index is 13.2. The van der Waals surface area contributed by atoms with Crippen LogP contribution in [0.2, 0.25) is 10.0 Å². The summed E-state index contributed by atoms with van der Waals surface area (Å²) in [6, 6.07) is 3.52. The molecule has 4 fully saturated rings. The highest BCUT2D eigenvalue weighted by molar-refractivity contribution is 6.36. The Kier molecular flexibility index (Phi) is 5.19. The molecule has 166 valence electrons. The van der Waals surface area contributed by atoms with Gasteiger partial charge in [0, 0.05) is 30.9 Å². The zero-order valence-electron chi connectivity index (χ0n) is 17.7. The molecular formula is C22H27Cl2N5O2. The van der Waals surface area contributed by atoms with Crippen LogP contribution in [0.3, 0.4) is 0 Å². The minimum absolute atomic E-state index is 0.0722. The molecule has 2 atom stereocenters. The number of aromatic nitrogens is 3. The molecule has 2 N–H and O–H groups in total. The van der Waals surface area contributed by atoms with Crippen molar-refractivity contribution in [3.8, 4) is 0 Å². The summed E-state index contributed by atoms with van der Waals surface area (Å²) in [6.07, 6.45) is 6.25. The first-order chi connectivity index (χ1) is 14.8. The van der Waals surface area contributed by atoms with E-state index in [1.807, 2.05) is 14.0 Å². The zero-order chi connectivity index (χ0) is 21.9. The number of amides is 1. The van der Waals surface area contributed by atoms with Crippen molar-refractivity contribution in [3.05, 3.63) is 34.1 Å². The molecule has 6 rings (SSSR count). The fourth-order valence-corrected chi connectivity index (χ4v) is 6.74. The van der Waals surface area contributed by atoms with Crippen LogP contribution >= 0.6 is 23.2 Å². The van der Waals surface area contributed by atoms with E-state index in [2.05, 4.69) is 15.4 Å². The van der Waals surface area contributed by atoms with Gasteiger partial charge in [-0.05, 0) is 68.9 Å². The van der Waals surface area contributed by atoms with Crippen LogP contribution < -0.4 is 10.2 Å². The van der Waals surface area contributed by atoms with Crippen LogP contribution in [0.25, 0.3) is 0 Å². The summed E-state index contributed by atoms with van der Waals surface area (Å²) in [5.41, 5.74) is -0.307. The van der Waals surface area contributed by atoms with Gasteiger partial charge in [-0.15, -0.1) is 0 Å². The number of nitrogens with one attached hydrogen (secondary N) is 1. The zero-order valence-corrected chi connectivity index (χ0v) is 19.2. The van der Waals surface area contributed by atoms with Crippen molar-refractivity contribution in [1.29, 1.82) is 0 Å². The summed E-state index contributed by atoms with van der Waals surface area (Å²) < 4.78 is 1.71. The van der Waals surface area contributed by atoms with Crippen LogP contribution in [0.15, 0.2) is 18.3 Å². The third-order valence-electron chi connectivity index (χ3n) is 7.29. The predicted molar refractivity (Wildman–Crippen MR) is 120 cm³/mol. The fourth-order valence-electron chi connectivity index (χ4n) is 6.24. The molecule has 0 radical (unpaired) electrons. The lowest BCUT2D eigenvalue weighted by Gasteiger charge is -2.58. The third-order valence-corrected chi connectivity index (χ3v) is 7.87. The van der Waals surface area contributed by atoms with Gasteiger partial charge in [-0.25, -0.2) is 9.67 Å². The van der Waals surface area contributed by atoms with Crippen LogP contribution in [0.4, 0.5) is 11.6 Å². The Morgan fingerprint density at radius 3 is 2.65 bits per heavy atom. The number of nitrogens with zero attached hydrogens (tertiary/aromatic N) is 4. The first kappa shape index (κ1) is 21.0. The molecule has 1 amide bonds. The number of aliphatic hydroxyl groups is 1. The Morgan fingerprint density at radius 1 is 1.32 bits per heavy atom. The Labute approximate surface area is 191 Å². The number of hydrogen-bond acceptors (Lipinski definition) is 5. The van der Waals surface area contributed by atoms with E-state index in [9.17, 15) is 9.90 Å². The van der Waals surface area contributed by atoms with Gasteiger partial charge in [0.05, 0.1) is 5.60 Å². The molecule has 0 saturated heterocycles. The third kappa shape index (κ3) is 3.60. The van der Waals surface area contributed by atoms with E-state index in [4.69, 9.17) is 23.2 Å². The Bertz CT molecular complexity index is 1010. The number of rotatable bonds is 5. The van der Waals surface area contributed by atoms with Crippen molar-refractivity contribution in [2.24, 2.45) is 17.8 Å². The van der Waals surface area contributed by atoms with Gasteiger partial charge in [0.15, 0.2) is 11.5 Å². The number of carbonyl (C=O) groups excluding carboxylic acids is 1. The normalized spacial score (nSPS) is 31.1. The maximum Gasteiger partial charge on any atom is 0.273 e. The summed E-state index contributed by atoms with van der Waals surface area (Å²) in [6.45, 7) is 2.50. The van der Waals surface area contributed by atoms with Crippen molar-refractivity contribution >= 4 is 40.7 Å². The van der Waals surface area contributed by atoms with E-state index in [-0.39, 0.29) is 17.6 Å². The highest BCUT2D eigenvalue weighted by Gasteiger charge is 2.55. The summed E-state index contributed by atoms with van der Waals surface area (Å²) in [5, 5.41) is 19.4. The molecule has 0 spiro atoms. The summed E-state index contributed by atoms with van der Waals surface area (Å²) in [7, 11) is 1.83. The van der Waals surface area contributed by atoms with E-state index in [1.54, 1.807) is 27.9 Å². The minimum Gasteiger partial charge on any atom is -0.390 e. The second kappa shape index (κ2) is 7.64. The lowest BCUT2D eigenvalue weighted by molar-refractivity contribution is -0.136. The monoisotopic (exact) mass is 463 g/mol. The average Bonchev–Trinajstić information content (AvgIpc) is 3.05. The van der Waals surface area contributed by atoms with Gasteiger partial charge in [0.25, 0.3) is 5.91 Å². The molecule has 2 unspecified atom stereocenters. The molecule has 2 heterocycles. The maximum absolute atomic E-state index is 13.2. The van der Waals surface area contributed by atoms with E-state index in [0.29, 0.717) is 46.0 Å². The summed E-state index contributed by atoms with van der Waals surface area (Å²) >= 11 is 12.8. The number of carbonyl (C=O) groups is 1. The number of pyridine rings is 1. The van der Waals surface area contributed by atoms with Gasteiger partial charge >= 0.3 is 0 Å². The smallest absolute Gasteiger partial charge is 0.273 e. The lowest BCUT2D eigenvalue weighted by atomic mass is 9.52. The van der Waals surface area contributed by atoms with E-state index < -0.39 is 5.60 Å². The molecule has 4 aliphatic carbocycles. The van der Waals surface area contributed by atoms with E-state index in [0.717, 1.165) is 32.1 Å². The summed E-state index contributed by atoms with van der Waals surface area (Å²) in [5.74, 6) is 2.20. The van der Waals surface area contributed by atoms with Crippen LogP contribution in [-0.2, 0) is 6.54 Å². The van der Waals surface area contributed by atoms with Crippen molar-refractivity contribution in [2.75, 3.05) is 11.9 Å². The van der Waals surface area contributed by atoms with Crippen molar-refractivity contribution in [3.63, 3.8) is 0 Å². The Morgan fingerprint density at radius 2 is 2.03 bits per heavy atom. The Hall–Kier alpha value is -1.83. The largest absolute Gasteiger partial charge is 0.390 e. The Balaban J connectivity index is 1.40. The molecule has 4 saturated carbocycles. The van der Waals surface area contributed by atoms with Gasteiger partial charge < -0.3 is 15.3 Å². The fraction of sp³-hybridized carbons (Fsp3) is 0.591. The van der Waals surface area contributed by atoms with E-state index in [1.165, 1.54) is 0 Å². The second-order valence-electron chi connectivity index (χ2n) is 9.39. The first-order valence-electron chi connectivity index (χ1n) is 10.9. The van der Waals surface area contributed by atoms with Gasteiger partial charge in [0.2, 0.25) is 0 Å². The molecule has 7 nitrogen and oxygen atoms in total. The molecule has 2 aromatic heterocycles. The highest BCUT2D eigenvalue weighted by atomic mass is 35.5. The standard InChI is InChI=1S/C22H27Cl2N5O2/c1-3-29-21(28(2)16-8-15(23)4-5-25-16)17(24)19(27-29)20(30)26-18-13-6-12-7-14(18)11-22(31,9-12)10-13/h4-5,8,12-14,18,31H,3,6-7,9-11H2,1-2H3,(H,26,30). The van der Waals surface area contributed by atoms with Gasteiger partial charge in [-0.3, -0.25) is 4.79 Å². The molecule has 4 aliphatic rings. The SMILES string of the molecule is CCn1nc(C(=O)NC2C3CC4CC2CC(O)(C4)C3)c(Cl)c1N(C)c1cc(Cl)ccn1. The van der Waals surface area contributed by atoms with Gasteiger partial charge in [0.1, 0.15) is 10.8 Å². The van der Waals surface area contributed by atoms with Crippen molar-refractivity contribution in [1.82, 2.24) is 20.1 Å². The van der Waals surface area contributed by atoms with Gasteiger partial charge in [-0.1, -0.05) is 23.2 Å². The molecule has 31 heavy (non-hydrogen) atoms. The molecule has 0 aliphatic heterocycles. The van der Waals surface area contributed by atoms with Crippen LogP contribution in [0, 0.1) is 17.8 Å². The van der Waals surface area contributed by atoms with E-state index >= 15 is 0 Å².